The van der Waals surface area contributed by atoms with Gasteiger partial charge in [0, 0.05) is 12.1 Å². The molecule has 0 saturated carbocycles. The summed E-state index contributed by atoms with van der Waals surface area (Å²) >= 11 is 0. The maximum Gasteiger partial charge on any atom is 0.119 e. The molecule has 0 spiro atoms. The van der Waals surface area contributed by atoms with Gasteiger partial charge < -0.3 is 10.1 Å². The number of rotatable bonds is 7. The topological polar surface area (TPSA) is 21.3 Å². The fourth-order valence-electron chi connectivity index (χ4n) is 1.81. The highest BCUT2D eigenvalue weighted by Crippen LogP contribution is 2.17. The van der Waals surface area contributed by atoms with Gasteiger partial charge in [0.25, 0.3) is 0 Å². The van der Waals surface area contributed by atoms with E-state index in [-0.39, 0.29) is 5.54 Å². The van der Waals surface area contributed by atoms with Crippen molar-refractivity contribution in [2.24, 2.45) is 0 Å². The molecule has 0 aliphatic heterocycles. The van der Waals surface area contributed by atoms with Gasteiger partial charge in [-0.15, -0.1) is 0 Å². The highest BCUT2D eigenvalue weighted by atomic mass is 16.5. The molecule has 0 aliphatic carbocycles. The largest absolute Gasteiger partial charge is 0.494 e. The summed E-state index contributed by atoms with van der Waals surface area (Å²) in [5.41, 5.74) is 2.78. The minimum atomic E-state index is 0.153. The van der Waals surface area contributed by atoms with Gasteiger partial charge in [0.15, 0.2) is 0 Å². The van der Waals surface area contributed by atoms with Crippen molar-refractivity contribution >= 4 is 6.08 Å². The smallest absolute Gasteiger partial charge is 0.119 e. The lowest BCUT2D eigenvalue weighted by atomic mass is 10.1. The molecular weight excluding hydrogens is 246 g/mol. The molecule has 0 radical (unpaired) electrons. The van der Waals surface area contributed by atoms with E-state index in [0.717, 1.165) is 31.7 Å². The Bertz CT molecular complexity index is 429. The fraction of sp³-hybridized carbons (Fsp3) is 0.556. The van der Waals surface area contributed by atoms with E-state index < -0.39 is 0 Å². The summed E-state index contributed by atoms with van der Waals surface area (Å²) in [5.74, 6) is 0.958. The van der Waals surface area contributed by atoms with Crippen LogP contribution in [-0.4, -0.2) is 18.7 Å². The van der Waals surface area contributed by atoms with Crippen LogP contribution in [-0.2, 0) is 0 Å². The first-order valence-corrected chi connectivity index (χ1v) is 7.62. The molecule has 1 N–H and O–H groups in total. The van der Waals surface area contributed by atoms with Crippen LogP contribution in [0.2, 0.25) is 0 Å². The van der Waals surface area contributed by atoms with Crippen LogP contribution in [0.3, 0.4) is 0 Å². The van der Waals surface area contributed by atoms with E-state index in [4.69, 9.17) is 4.74 Å². The predicted octanol–water partition coefficient (Wildman–Crippen LogP) is 4.66. The Balaban J connectivity index is 2.73. The zero-order valence-electron chi connectivity index (χ0n) is 13.6. The molecule has 0 saturated heterocycles. The standard InChI is InChI=1S/C18H29NO/c1-6-11-20-17-10-8-9-16(13-17)12-15(7-2)14-19-18(3,4)5/h8-10,12-13,19H,6-7,11,14H2,1-5H3. The molecule has 0 atom stereocenters. The molecule has 1 rings (SSSR count). The lowest BCUT2D eigenvalue weighted by molar-refractivity contribution is 0.317. The summed E-state index contributed by atoms with van der Waals surface area (Å²) in [4.78, 5) is 0. The van der Waals surface area contributed by atoms with Crippen LogP contribution in [0.15, 0.2) is 29.8 Å². The van der Waals surface area contributed by atoms with E-state index in [9.17, 15) is 0 Å². The van der Waals surface area contributed by atoms with Gasteiger partial charge >= 0.3 is 0 Å². The first kappa shape index (κ1) is 16.8. The second-order valence-corrected chi connectivity index (χ2v) is 6.18. The van der Waals surface area contributed by atoms with Gasteiger partial charge in [-0.3, -0.25) is 0 Å². The number of hydrogen-bond donors (Lipinski definition) is 1. The summed E-state index contributed by atoms with van der Waals surface area (Å²) in [6.07, 6.45) is 4.36. The van der Waals surface area contributed by atoms with Crippen molar-refractivity contribution in [2.45, 2.75) is 53.0 Å². The molecule has 20 heavy (non-hydrogen) atoms. The van der Waals surface area contributed by atoms with Gasteiger partial charge in [0.1, 0.15) is 5.75 Å². The lowest BCUT2D eigenvalue weighted by Crippen LogP contribution is -2.36. The third-order valence-electron chi connectivity index (χ3n) is 3.00. The Hall–Kier alpha value is -1.28. The maximum atomic E-state index is 5.68. The number of benzene rings is 1. The SMILES string of the molecule is CCCOc1cccc(C=C(CC)CNC(C)(C)C)c1. The molecule has 1 aromatic rings. The van der Waals surface area contributed by atoms with Gasteiger partial charge in [-0.25, -0.2) is 0 Å². The van der Waals surface area contributed by atoms with Gasteiger partial charge in [-0.05, 0) is 51.3 Å². The summed E-state index contributed by atoms with van der Waals surface area (Å²) in [6, 6.07) is 8.32. The number of ether oxygens (including phenoxy) is 1. The minimum absolute atomic E-state index is 0.153. The van der Waals surface area contributed by atoms with Crippen molar-refractivity contribution in [3.8, 4) is 5.75 Å². The summed E-state index contributed by atoms with van der Waals surface area (Å²) in [6.45, 7) is 12.6. The second-order valence-electron chi connectivity index (χ2n) is 6.18. The highest BCUT2D eigenvalue weighted by molar-refractivity contribution is 5.55. The van der Waals surface area contributed by atoms with E-state index in [1.165, 1.54) is 11.1 Å². The van der Waals surface area contributed by atoms with Crippen LogP contribution in [0.5, 0.6) is 5.75 Å². The highest BCUT2D eigenvalue weighted by Gasteiger charge is 2.08. The maximum absolute atomic E-state index is 5.68. The van der Waals surface area contributed by atoms with Crippen LogP contribution in [0, 0.1) is 0 Å². The monoisotopic (exact) mass is 275 g/mol. The summed E-state index contributed by atoms with van der Waals surface area (Å²) < 4.78 is 5.68. The van der Waals surface area contributed by atoms with Crippen molar-refractivity contribution in [1.82, 2.24) is 5.32 Å². The molecule has 1 aromatic carbocycles. The average Bonchev–Trinajstić information content (AvgIpc) is 2.40. The molecule has 0 amide bonds. The number of hydrogen-bond acceptors (Lipinski definition) is 2. The first-order chi connectivity index (χ1) is 9.44. The zero-order valence-corrected chi connectivity index (χ0v) is 13.6. The van der Waals surface area contributed by atoms with E-state index in [0.29, 0.717) is 0 Å². The van der Waals surface area contributed by atoms with Crippen molar-refractivity contribution in [2.75, 3.05) is 13.2 Å². The summed E-state index contributed by atoms with van der Waals surface area (Å²) in [5, 5.41) is 3.54. The van der Waals surface area contributed by atoms with Gasteiger partial charge in [0.05, 0.1) is 6.61 Å². The second kappa shape index (κ2) is 8.11. The lowest BCUT2D eigenvalue weighted by Gasteiger charge is -2.21. The molecule has 112 valence electrons. The normalized spacial score (nSPS) is 12.6. The Morgan fingerprint density at radius 3 is 2.60 bits per heavy atom. The molecule has 0 unspecified atom stereocenters. The molecule has 0 aromatic heterocycles. The molecule has 0 fully saturated rings. The molecule has 0 aliphatic rings. The van der Waals surface area contributed by atoms with Crippen LogP contribution in [0.1, 0.15) is 53.0 Å². The molecule has 2 heteroatoms. The fourth-order valence-corrected chi connectivity index (χ4v) is 1.81. The Morgan fingerprint density at radius 1 is 1.25 bits per heavy atom. The minimum Gasteiger partial charge on any atom is -0.494 e. The molecule has 0 bridgehead atoms. The van der Waals surface area contributed by atoms with Crippen LogP contribution in [0.4, 0.5) is 0 Å². The van der Waals surface area contributed by atoms with Crippen molar-refractivity contribution in [3.63, 3.8) is 0 Å². The van der Waals surface area contributed by atoms with Crippen LogP contribution < -0.4 is 10.1 Å². The molecule has 0 heterocycles. The van der Waals surface area contributed by atoms with Gasteiger partial charge in [-0.1, -0.05) is 37.6 Å². The first-order valence-electron chi connectivity index (χ1n) is 7.62. The van der Waals surface area contributed by atoms with Crippen molar-refractivity contribution in [3.05, 3.63) is 35.4 Å². The van der Waals surface area contributed by atoms with Crippen molar-refractivity contribution in [1.29, 1.82) is 0 Å². The quantitative estimate of drug-likeness (QED) is 0.781. The molecule has 2 nitrogen and oxygen atoms in total. The van der Waals surface area contributed by atoms with Gasteiger partial charge in [0.2, 0.25) is 0 Å². The van der Waals surface area contributed by atoms with E-state index >= 15 is 0 Å². The Morgan fingerprint density at radius 2 is 2.00 bits per heavy atom. The zero-order chi connectivity index (χ0) is 15.0. The predicted molar refractivity (Wildman–Crippen MR) is 88.3 cm³/mol. The third kappa shape index (κ3) is 6.76. The third-order valence-corrected chi connectivity index (χ3v) is 3.00. The van der Waals surface area contributed by atoms with Crippen molar-refractivity contribution < 1.29 is 4.74 Å². The summed E-state index contributed by atoms with van der Waals surface area (Å²) in [7, 11) is 0. The Labute approximate surface area is 124 Å². The van der Waals surface area contributed by atoms with E-state index in [1.54, 1.807) is 0 Å². The van der Waals surface area contributed by atoms with Gasteiger partial charge in [-0.2, -0.15) is 0 Å². The van der Waals surface area contributed by atoms with Crippen LogP contribution >= 0.6 is 0 Å². The van der Waals surface area contributed by atoms with E-state index in [2.05, 4.69) is 64.2 Å². The Kier molecular flexibility index (Phi) is 6.80. The van der Waals surface area contributed by atoms with E-state index in [1.807, 2.05) is 6.07 Å². The average molecular weight is 275 g/mol. The number of nitrogens with one attached hydrogen (secondary N) is 1. The van der Waals surface area contributed by atoms with Crippen LogP contribution in [0.25, 0.3) is 6.08 Å². The molecular formula is C18H29NO.